The van der Waals surface area contributed by atoms with Crippen LogP contribution in [0.15, 0.2) is 42.5 Å². The zero-order chi connectivity index (χ0) is 15.5. The van der Waals surface area contributed by atoms with Gasteiger partial charge in [-0.3, -0.25) is 0 Å². The number of carbonyl (C=O) groups is 1. The minimum Gasteiger partial charge on any atom is -0.486 e. The molecule has 2 aromatic carbocycles. The molecule has 114 valence electrons. The number of aryl methyl sites for hydroxylation is 1. The maximum atomic E-state index is 11.6. The van der Waals surface area contributed by atoms with Crippen LogP contribution in [-0.4, -0.2) is 12.6 Å². The van der Waals surface area contributed by atoms with Crippen LogP contribution in [0.25, 0.3) is 0 Å². The first-order chi connectivity index (χ1) is 10.7. The molecule has 1 aliphatic carbocycles. The van der Waals surface area contributed by atoms with Gasteiger partial charge in [-0.2, -0.15) is 0 Å². The fourth-order valence-electron chi connectivity index (χ4n) is 2.72. The normalized spacial score (nSPS) is 16.2. The Morgan fingerprint density at radius 3 is 2.73 bits per heavy atom. The molecule has 0 saturated heterocycles. The third-order valence-electron chi connectivity index (χ3n) is 3.77. The van der Waals surface area contributed by atoms with Gasteiger partial charge < -0.3 is 9.47 Å². The number of hydrogen-bond acceptors (Lipinski definition) is 3. The maximum Gasteiger partial charge on any atom is 0.338 e. The van der Waals surface area contributed by atoms with E-state index in [1.807, 2.05) is 18.2 Å². The zero-order valence-corrected chi connectivity index (χ0v) is 13.1. The predicted molar refractivity (Wildman–Crippen MR) is 85.5 cm³/mol. The summed E-state index contributed by atoms with van der Waals surface area (Å²) in [5.74, 6) is 0.441. The number of benzene rings is 2. The second-order valence-corrected chi connectivity index (χ2v) is 5.67. The van der Waals surface area contributed by atoms with E-state index in [1.165, 1.54) is 11.1 Å². The summed E-state index contributed by atoms with van der Waals surface area (Å²) in [6.07, 6.45) is 1.96. The van der Waals surface area contributed by atoms with Gasteiger partial charge in [-0.25, -0.2) is 4.79 Å². The quantitative estimate of drug-likeness (QED) is 0.774. The molecule has 22 heavy (non-hydrogen) atoms. The molecule has 0 spiro atoms. The molecule has 1 aliphatic rings. The molecule has 0 aliphatic heterocycles. The Morgan fingerprint density at radius 2 is 2.00 bits per heavy atom. The van der Waals surface area contributed by atoms with Gasteiger partial charge in [0, 0.05) is 5.02 Å². The van der Waals surface area contributed by atoms with E-state index in [2.05, 4.69) is 0 Å². The van der Waals surface area contributed by atoms with Gasteiger partial charge in [-0.05, 0) is 67.3 Å². The Morgan fingerprint density at radius 1 is 1.23 bits per heavy atom. The van der Waals surface area contributed by atoms with Crippen LogP contribution in [0.5, 0.6) is 5.75 Å². The minimum absolute atomic E-state index is 0.0423. The molecule has 2 aromatic rings. The van der Waals surface area contributed by atoms with Gasteiger partial charge in [0.25, 0.3) is 0 Å². The van der Waals surface area contributed by atoms with Crippen molar-refractivity contribution >= 4 is 17.6 Å². The highest BCUT2D eigenvalue weighted by Gasteiger charge is 2.24. The van der Waals surface area contributed by atoms with Gasteiger partial charge >= 0.3 is 5.97 Å². The molecule has 4 heteroatoms. The number of esters is 1. The van der Waals surface area contributed by atoms with Crippen LogP contribution in [0.4, 0.5) is 0 Å². The number of fused-ring (bicyclic) bond motifs is 1. The van der Waals surface area contributed by atoms with E-state index >= 15 is 0 Å². The van der Waals surface area contributed by atoms with Crippen molar-refractivity contribution in [3.05, 3.63) is 64.2 Å². The SMILES string of the molecule is CCOC(=O)c1ccc(OC2CCc3cc(Cl)ccc32)cc1. The van der Waals surface area contributed by atoms with E-state index in [4.69, 9.17) is 21.1 Å². The predicted octanol–water partition coefficient (Wildman–Crippen LogP) is 4.58. The fraction of sp³-hybridized carbons (Fsp3) is 0.278. The lowest BCUT2D eigenvalue weighted by atomic mass is 10.1. The molecule has 1 unspecified atom stereocenters. The molecule has 0 heterocycles. The van der Waals surface area contributed by atoms with Crippen molar-refractivity contribution in [1.29, 1.82) is 0 Å². The van der Waals surface area contributed by atoms with Crippen molar-refractivity contribution in [2.45, 2.75) is 25.9 Å². The summed E-state index contributed by atoms with van der Waals surface area (Å²) in [5, 5.41) is 0.762. The number of hydrogen-bond donors (Lipinski definition) is 0. The molecule has 0 aromatic heterocycles. The lowest BCUT2D eigenvalue weighted by Gasteiger charge is -2.15. The molecule has 0 fully saturated rings. The summed E-state index contributed by atoms with van der Waals surface area (Å²) in [6, 6.07) is 13.0. The Labute approximate surface area is 134 Å². The molecule has 0 bridgehead atoms. The van der Waals surface area contributed by atoms with Gasteiger partial charge in [-0.1, -0.05) is 17.7 Å². The topological polar surface area (TPSA) is 35.5 Å². The van der Waals surface area contributed by atoms with Crippen molar-refractivity contribution in [1.82, 2.24) is 0 Å². The van der Waals surface area contributed by atoms with Gasteiger partial charge in [0.1, 0.15) is 11.9 Å². The summed E-state index contributed by atoms with van der Waals surface area (Å²) >= 11 is 6.02. The fourth-order valence-corrected chi connectivity index (χ4v) is 2.91. The average Bonchev–Trinajstić information content (AvgIpc) is 2.90. The minimum atomic E-state index is -0.310. The maximum absolute atomic E-state index is 11.6. The summed E-state index contributed by atoms with van der Waals surface area (Å²) in [4.78, 5) is 11.6. The van der Waals surface area contributed by atoms with Crippen molar-refractivity contribution in [3.63, 3.8) is 0 Å². The van der Waals surface area contributed by atoms with Gasteiger partial charge in [-0.15, -0.1) is 0 Å². The standard InChI is InChI=1S/C18H17ClO3/c1-2-21-18(20)12-3-7-15(8-4-12)22-17-10-5-13-11-14(19)6-9-16(13)17/h3-4,6-9,11,17H,2,5,10H2,1H3. The van der Waals surface area contributed by atoms with Gasteiger partial charge in [0.05, 0.1) is 12.2 Å². The van der Waals surface area contributed by atoms with Crippen LogP contribution in [0.3, 0.4) is 0 Å². The molecule has 0 saturated carbocycles. The molecular formula is C18H17ClO3. The Balaban J connectivity index is 1.71. The summed E-state index contributed by atoms with van der Waals surface area (Å²) < 4.78 is 11.0. The zero-order valence-electron chi connectivity index (χ0n) is 12.3. The first kappa shape index (κ1) is 14.9. The molecule has 0 radical (unpaired) electrons. The average molecular weight is 317 g/mol. The van der Waals surface area contributed by atoms with Crippen molar-refractivity contribution in [3.8, 4) is 5.75 Å². The summed E-state index contributed by atoms with van der Waals surface area (Å²) in [5.41, 5.74) is 2.98. The first-order valence-electron chi connectivity index (χ1n) is 7.39. The number of ether oxygens (including phenoxy) is 2. The largest absolute Gasteiger partial charge is 0.486 e. The van der Waals surface area contributed by atoms with Crippen LogP contribution >= 0.6 is 11.6 Å². The lowest BCUT2D eigenvalue weighted by Crippen LogP contribution is -2.06. The molecular weight excluding hydrogens is 300 g/mol. The van der Waals surface area contributed by atoms with E-state index < -0.39 is 0 Å². The number of halogens is 1. The Hall–Kier alpha value is -2.00. The van der Waals surface area contributed by atoms with Gasteiger partial charge in [0.15, 0.2) is 0 Å². The van der Waals surface area contributed by atoms with E-state index in [1.54, 1.807) is 31.2 Å². The first-order valence-corrected chi connectivity index (χ1v) is 7.77. The Kier molecular flexibility index (Phi) is 4.34. The van der Waals surface area contributed by atoms with Gasteiger partial charge in [0.2, 0.25) is 0 Å². The summed E-state index contributed by atoms with van der Waals surface area (Å²) in [6.45, 7) is 2.16. The van der Waals surface area contributed by atoms with Crippen molar-refractivity contribution in [2.24, 2.45) is 0 Å². The van der Waals surface area contributed by atoms with E-state index in [9.17, 15) is 4.79 Å². The second-order valence-electron chi connectivity index (χ2n) is 5.23. The monoisotopic (exact) mass is 316 g/mol. The Bertz CT molecular complexity index is 679. The smallest absolute Gasteiger partial charge is 0.338 e. The highest BCUT2D eigenvalue weighted by atomic mass is 35.5. The van der Waals surface area contributed by atoms with Crippen LogP contribution in [0.1, 0.15) is 40.9 Å². The third kappa shape index (κ3) is 3.09. The lowest BCUT2D eigenvalue weighted by molar-refractivity contribution is 0.0526. The van der Waals surface area contributed by atoms with E-state index in [0.717, 1.165) is 23.6 Å². The van der Waals surface area contributed by atoms with Crippen LogP contribution in [0.2, 0.25) is 5.02 Å². The molecule has 0 N–H and O–H groups in total. The second kappa shape index (κ2) is 6.41. The van der Waals surface area contributed by atoms with Crippen LogP contribution in [-0.2, 0) is 11.2 Å². The molecule has 1 atom stereocenters. The van der Waals surface area contributed by atoms with Crippen LogP contribution < -0.4 is 4.74 Å². The molecule has 3 nitrogen and oxygen atoms in total. The van der Waals surface area contributed by atoms with Crippen LogP contribution in [0, 0.1) is 0 Å². The van der Waals surface area contributed by atoms with Crippen molar-refractivity contribution < 1.29 is 14.3 Å². The van der Waals surface area contributed by atoms with E-state index in [0.29, 0.717) is 12.2 Å². The highest BCUT2D eigenvalue weighted by Crippen LogP contribution is 2.36. The van der Waals surface area contributed by atoms with Crippen molar-refractivity contribution in [2.75, 3.05) is 6.61 Å². The molecule has 3 rings (SSSR count). The number of carbonyl (C=O) groups excluding carboxylic acids is 1. The number of rotatable bonds is 4. The summed E-state index contributed by atoms with van der Waals surface area (Å²) in [7, 11) is 0. The molecule has 0 amide bonds. The highest BCUT2D eigenvalue weighted by molar-refractivity contribution is 6.30. The van der Waals surface area contributed by atoms with E-state index in [-0.39, 0.29) is 12.1 Å². The third-order valence-corrected chi connectivity index (χ3v) is 4.01.